The van der Waals surface area contributed by atoms with Gasteiger partial charge in [0.2, 0.25) is 0 Å². The zero-order valence-corrected chi connectivity index (χ0v) is 11.8. The lowest BCUT2D eigenvalue weighted by molar-refractivity contribution is -0.385. The van der Waals surface area contributed by atoms with E-state index in [9.17, 15) is 19.3 Å². The number of thioether (sulfide) groups is 1. The van der Waals surface area contributed by atoms with Crippen LogP contribution in [0.3, 0.4) is 0 Å². The van der Waals surface area contributed by atoms with E-state index in [0.29, 0.717) is 4.90 Å². The fraction of sp³-hybridized carbons (Fsp3) is 0.0714. The summed E-state index contributed by atoms with van der Waals surface area (Å²) < 4.78 is 13.5. The Hall–Kier alpha value is -2.41. The first kappa shape index (κ1) is 15.0. The summed E-state index contributed by atoms with van der Waals surface area (Å²) in [6.07, 6.45) is 1.79. The predicted octanol–water partition coefficient (Wildman–Crippen LogP) is 3.71. The first-order chi connectivity index (χ1) is 10.0. The summed E-state index contributed by atoms with van der Waals surface area (Å²) in [5.41, 5.74) is -0.442. The number of nitrogens with one attached hydrogen (secondary N) is 1. The molecule has 2 aromatic carbocycles. The fourth-order valence-electron chi connectivity index (χ4n) is 1.74. The van der Waals surface area contributed by atoms with Gasteiger partial charge in [0.05, 0.1) is 10.6 Å². The fourth-order valence-corrected chi connectivity index (χ4v) is 2.18. The number of para-hydroxylation sites is 1. The first-order valence-corrected chi connectivity index (χ1v) is 7.13. The number of nitro groups is 1. The van der Waals surface area contributed by atoms with Crippen molar-refractivity contribution < 1.29 is 14.1 Å². The Bertz CT molecular complexity index is 706. The number of nitro benzene ring substituents is 1. The number of hydrogen-bond donors (Lipinski definition) is 1. The predicted molar refractivity (Wildman–Crippen MR) is 79.2 cm³/mol. The third-order valence-corrected chi connectivity index (χ3v) is 3.49. The Balaban J connectivity index is 2.38. The molecule has 1 N–H and O–H groups in total. The van der Waals surface area contributed by atoms with Crippen LogP contribution in [0.4, 0.5) is 15.8 Å². The van der Waals surface area contributed by atoms with Gasteiger partial charge < -0.3 is 5.32 Å². The summed E-state index contributed by atoms with van der Waals surface area (Å²) in [4.78, 5) is 23.2. The summed E-state index contributed by atoms with van der Waals surface area (Å²) in [6, 6.07) is 9.87. The minimum atomic E-state index is -0.720. The molecule has 2 aromatic rings. The Labute approximate surface area is 124 Å². The second kappa shape index (κ2) is 6.36. The van der Waals surface area contributed by atoms with Gasteiger partial charge in [0.25, 0.3) is 11.6 Å². The van der Waals surface area contributed by atoms with Crippen LogP contribution in [0.2, 0.25) is 0 Å². The van der Waals surface area contributed by atoms with E-state index in [2.05, 4.69) is 5.32 Å². The van der Waals surface area contributed by atoms with Gasteiger partial charge in [-0.05, 0) is 30.5 Å². The van der Waals surface area contributed by atoms with Crippen LogP contribution in [0.15, 0.2) is 47.4 Å². The zero-order chi connectivity index (χ0) is 15.4. The van der Waals surface area contributed by atoms with E-state index >= 15 is 0 Å². The van der Waals surface area contributed by atoms with E-state index < -0.39 is 16.6 Å². The molecular formula is C14H11FN2O3S. The summed E-state index contributed by atoms with van der Waals surface area (Å²) >= 11 is 1.35. The molecule has 0 aliphatic carbocycles. The van der Waals surface area contributed by atoms with Gasteiger partial charge in [-0.15, -0.1) is 11.8 Å². The molecule has 0 aliphatic heterocycles. The van der Waals surface area contributed by atoms with E-state index in [1.54, 1.807) is 18.4 Å². The average Bonchev–Trinajstić information content (AvgIpc) is 2.48. The number of hydrogen-bond acceptors (Lipinski definition) is 4. The van der Waals surface area contributed by atoms with Crippen molar-refractivity contribution in [1.29, 1.82) is 0 Å². The quantitative estimate of drug-likeness (QED) is 0.531. The van der Waals surface area contributed by atoms with Crippen LogP contribution in [0, 0.1) is 15.9 Å². The highest BCUT2D eigenvalue weighted by atomic mass is 32.2. The normalized spacial score (nSPS) is 10.2. The van der Waals surface area contributed by atoms with Crippen molar-refractivity contribution in [3.05, 3.63) is 64.0 Å². The van der Waals surface area contributed by atoms with Crippen LogP contribution in [-0.4, -0.2) is 17.1 Å². The van der Waals surface area contributed by atoms with Crippen LogP contribution in [0.5, 0.6) is 0 Å². The second-order valence-corrected chi connectivity index (χ2v) is 4.95. The van der Waals surface area contributed by atoms with Crippen molar-refractivity contribution in [2.24, 2.45) is 0 Å². The number of amides is 1. The van der Waals surface area contributed by atoms with Crippen molar-refractivity contribution in [3.8, 4) is 0 Å². The summed E-state index contributed by atoms with van der Waals surface area (Å²) in [5.74, 6) is -1.32. The molecule has 7 heteroatoms. The minimum absolute atomic E-state index is 0.0219. The number of halogens is 1. The highest BCUT2D eigenvalue weighted by molar-refractivity contribution is 7.98. The van der Waals surface area contributed by atoms with Gasteiger partial charge in [-0.2, -0.15) is 0 Å². The SMILES string of the molecule is CSc1ccc([N+](=O)[O-])c(C(=O)Nc2ccccc2F)c1. The van der Waals surface area contributed by atoms with Gasteiger partial charge in [0.1, 0.15) is 11.4 Å². The number of carbonyl (C=O) groups excluding carboxylic acids is 1. The Morgan fingerprint density at radius 2 is 2.00 bits per heavy atom. The van der Waals surface area contributed by atoms with Crippen molar-refractivity contribution >= 4 is 29.0 Å². The van der Waals surface area contributed by atoms with E-state index in [4.69, 9.17) is 0 Å². The number of anilines is 1. The lowest BCUT2D eigenvalue weighted by Gasteiger charge is -2.07. The molecule has 0 aromatic heterocycles. The van der Waals surface area contributed by atoms with Gasteiger partial charge in [-0.25, -0.2) is 4.39 Å². The highest BCUT2D eigenvalue weighted by Crippen LogP contribution is 2.26. The molecule has 0 saturated carbocycles. The van der Waals surface area contributed by atoms with Crippen LogP contribution in [0.1, 0.15) is 10.4 Å². The van der Waals surface area contributed by atoms with Crippen LogP contribution < -0.4 is 5.32 Å². The average molecular weight is 306 g/mol. The molecule has 2 rings (SSSR count). The van der Waals surface area contributed by atoms with Gasteiger partial charge in [-0.3, -0.25) is 14.9 Å². The molecule has 108 valence electrons. The van der Waals surface area contributed by atoms with Gasteiger partial charge in [-0.1, -0.05) is 12.1 Å². The maximum absolute atomic E-state index is 13.5. The molecule has 0 saturated heterocycles. The molecule has 5 nitrogen and oxygen atoms in total. The minimum Gasteiger partial charge on any atom is -0.319 e. The molecule has 0 heterocycles. The molecule has 0 spiro atoms. The smallest absolute Gasteiger partial charge is 0.282 e. The van der Waals surface area contributed by atoms with E-state index in [-0.39, 0.29) is 16.9 Å². The Morgan fingerprint density at radius 3 is 2.62 bits per heavy atom. The molecule has 1 amide bonds. The molecule has 0 unspecified atom stereocenters. The maximum atomic E-state index is 13.5. The molecule has 0 radical (unpaired) electrons. The van der Waals surface area contributed by atoms with Gasteiger partial charge in [0.15, 0.2) is 0 Å². The molecule has 0 fully saturated rings. The molecule has 0 bridgehead atoms. The number of nitrogens with zero attached hydrogens (tertiary/aromatic N) is 1. The molecular weight excluding hydrogens is 295 g/mol. The van der Waals surface area contributed by atoms with E-state index in [1.807, 2.05) is 0 Å². The largest absolute Gasteiger partial charge is 0.319 e. The molecule has 0 atom stereocenters. The van der Waals surface area contributed by atoms with Gasteiger partial charge in [0, 0.05) is 11.0 Å². The van der Waals surface area contributed by atoms with E-state index in [1.165, 1.54) is 42.1 Å². The maximum Gasteiger partial charge on any atom is 0.282 e. The molecule has 21 heavy (non-hydrogen) atoms. The molecule has 0 aliphatic rings. The lowest BCUT2D eigenvalue weighted by Crippen LogP contribution is -2.15. The van der Waals surface area contributed by atoms with E-state index in [0.717, 1.165) is 0 Å². The van der Waals surface area contributed by atoms with Crippen LogP contribution >= 0.6 is 11.8 Å². The third kappa shape index (κ3) is 3.38. The Morgan fingerprint density at radius 1 is 1.29 bits per heavy atom. The first-order valence-electron chi connectivity index (χ1n) is 5.91. The zero-order valence-electron chi connectivity index (χ0n) is 11.0. The number of benzene rings is 2. The van der Waals surface area contributed by atoms with Crippen LogP contribution in [0.25, 0.3) is 0 Å². The standard InChI is InChI=1S/C14H11FN2O3S/c1-21-9-6-7-13(17(19)20)10(8-9)14(18)16-12-5-3-2-4-11(12)15/h2-8H,1H3,(H,16,18). The monoisotopic (exact) mass is 306 g/mol. The highest BCUT2D eigenvalue weighted by Gasteiger charge is 2.21. The van der Waals surface area contributed by atoms with Crippen molar-refractivity contribution in [3.63, 3.8) is 0 Å². The summed E-state index contributed by atoms with van der Waals surface area (Å²) in [7, 11) is 0. The van der Waals surface area contributed by atoms with Crippen molar-refractivity contribution in [2.75, 3.05) is 11.6 Å². The van der Waals surface area contributed by atoms with Crippen LogP contribution in [-0.2, 0) is 0 Å². The number of carbonyl (C=O) groups is 1. The topological polar surface area (TPSA) is 72.2 Å². The third-order valence-electron chi connectivity index (χ3n) is 2.77. The Kier molecular flexibility index (Phi) is 4.54. The number of rotatable bonds is 4. The summed E-state index contributed by atoms with van der Waals surface area (Å²) in [6.45, 7) is 0. The van der Waals surface area contributed by atoms with Crippen molar-refractivity contribution in [1.82, 2.24) is 0 Å². The van der Waals surface area contributed by atoms with Gasteiger partial charge >= 0.3 is 0 Å². The summed E-state index contributed by atoms with van der Waals surface area (Å²) in [5, 5.41) is 13.3. The second-order valence-electron chi connectivity index (χ2n) is 4.07. The van der Waals surface area contributed by atoms with Crippen molar-refractivity contribution in [2.45, 2.75) is 4.90 Å². The lowest BCUT2D eigenvalue weighted by atomic mass is 10.1.